The van der Waals surface area contributed by atoms with Crippen molar-refractivity contribution in [2.45, 2.75) is 11.3 Å². The Morgan fingerprint density at radius 1 is 1.12 bits per heavy atom. The van der Waals surface area contributed by atoms with Gasteiger partial charge in [-0.25, -0.2) is 8.42 Å². The lowest BCUT2D eigenvalue weighted by Crippen LogP contribution is -2.11. The molecule has 0 aliphatic rings. The molecule has 2 aromatic rings. The quantitative estimate of drug-likeness (QED) is 0.536. The molecule has 0 aromatic heterocycles. The maximum absolute atomic E-state index is 12.6. The van der Waals surface area contributed by atoms with Gasteiger partial charge in [-0.1, -0.05) is 17.7 Å². The normalized spacial score (nSPS) is 11.2. The van der Waals surface area contributed by atoms with Gasteiger partial charge in [-0.05, 0) is 24.1 Å². The molecule has 0 aliphatic carbocycles. The third-order valence-electron chi connectivity index (χ3n) is 3.60. The van der Waals surface area contributed by atoms with E-state index >= 15 is 0 Å². The van der Waals surface area contributed by atoms with Gasteiger partial charge in [0.2, 0.25) is 0 Å². The molecule has 2 aromatic carbocycles. The van der Waals surface area contributed by atoms with E-state index in [0.717, 1.165) is 12.1 Å². The molecule has 134 valence electrons. The van der Waals surface area contributed by atoms with Crippen LogP contribution in [0, 0.1) is 10.1 Å². The van der Waals surface area contributed by atoms with Crippen molar-refractivity contribution in [1.82, 2.24) is 0 Å². The number of halogens is 1. The Bertz CT molecular complexity index is 897. The first-order chi connectivity index (χ1) is 11.8. The predicted molar refractivity (Wildman–Crippen MR) is 93.4 cm³/mol. The number of hydrogen-bond acceptors (Lipinski definition) is 6. The SMILES string of the molecule is COc1ccc(CCS(=O)(=O)c2cc([N+](=O)[O-])ccc2Cl)c(OC)c1. The van der Waals surface area contributed by atoms with Crippen molar-refractivity contribution < 1.29 is 22.8 Å². The van der Waals surface area contributed by atoms with E-state index in [1.54, 1.807) is 18.2 Å². The van der Waals surface area contributed by atoms with Crippen molar-refractivity contribution >= 4 is 27.1 Å². The molecule has 0 saturated heterocycles. The van der Waals surface area contributed by atoms with Gasteiger partial charge in [-0.3, -0.25) is 10.1 Å². The number of benzene rings is 2. The van der Waals surface area contributed by atoms with Crippen molar-refractivity contribution in [2.75, 3.05) is 20.0 Å². The molecule has 0 unspecified atom stereocenters. The summed E-state index contributed by atoms with van der Waals surface area (Å²) in [7, 11) is -0.816. The summed E-state index contributed by atoms with van der Waals surface area (Å²) in [6, 6.07) is 8.41. The molecule has 0 N–H and O–H groups in total. The minimum atomic E-state index is -3.81. The van der Waals surface area contributed by atoms with Gasteiger partial charge in [0.25, 0.3) is 5.69 Å². The Kier molecular flexibility index (Phi) is 5.86. The predicted octanol–water partition coefficient (Wildman–Crippen LogP) is 3.28. The summed E-state index contributed by atoms with van der Waals surface area (Å²) >= 11 is 5.92. The maximum Gasteiger partial charge on any atom is 0.270 e. The minimum absolute atomic E-state index is 0.0488. The fourth-order valence-corrected chi connectivity index (χ4v) is 4.10. The fourth-order valence-electron chi connectivity index (χ4n) is 2.26. The number of aryl methyl sites for hydroxylation is 1. The molecule has 9 heteroatoms. The summed E-state index contributed by atoms with van der Waals surface area (Å²) in [5.41, 5.74) is 0.346. The molecular formula is C16H16ClNO6S. The Hall–Kier alpha value is -2.32. The van der Waals surface area contributed by atoms with Gasteiger partial charge in [0.1, 0.15) is 11.5 Å². The Labute approximate surface area is 150 Å². The second kappa shape index (κ2) is 7.71. The monoisotopic (exact) mass is 385 g/mol. The molecule has 0 bridgehead atoms. The fraction of sp³-hybridized carbons (Fsp3) is 0.250. The number of ether oxygens (including phenoxy) is 2. The molecular weight excluding hydrogens is 370 g/mol. The van der Waals surface area contributed by atoms with Crippen molar-refractivity contribution in [1.29, 1.82) is 0 Å². The molecule has 0 atom stereocenters. The Balaban J connectivity index is 2.28. The van der Waals surface area contributed by atoms with E-state index in [1.807, 2.05) is 0 Å². The Morgan fingerprint density at radius 3 is 2.44 bits per heavy atom. The number of nitro groups is 1. The summed E-state index contributed by atoms with van der Waals surface area (Å²) < 4.78 is 35.4. The molecule has 0 aliphatic heterocycles. The highest BCUT2D eigenvalue weighted by atomic mass is 35.5. The topological polar surface area (TPSA) is 95.7 Å². The van der Waals surface area contributed by atoms with Gasteiger partial charge in [-0.15, -0.1) is 0 Å². The smallest absolute Gasteiger partial charge is 0.270 e. The number of sulfone groups is 1. The number of nitro benzene ring substituents is 1. The Morgan fingerprint density at radius 2 is 1.84 bits per heavy atom. The average molecular weight is 386 g/mol. The van der Waals surface area contributed by atoms with E-state index in [4.69, 9.17) is 21.1 Å². The van der Waals surface area contributed by atoms with E-state index in [9.17, 15) is 18.5 Å². The van der Waals surface area contributed by atoms with Crippen LogP contribution in [-0.2, 0) is 16.3 Å². The second-order valence-corrected chi connectivity index (χ2v) is 7.60. The molecule has 25 heavy (non-hydrogen) atoms. The van der Waals surface area contributed by atoms with Crippen molar-refractivity contribution in [3.8, 4) is 11.5 Å². The zero-order valence-electron chi connectivity index (χ0n) is 13.6. The lowest BCUT2D eigenvalue weighted by Gasteiger charge is -2.11. The van der Waals surface area contributed by atoms with E-state index in [2.05, 4.69) is 0 Å². The van der Waals surface area contributed by atoms with Crippen LogP contribution < -0.4 is 9.47 Å². The van der Waals surface area contributed by atoms with Crippen molar-refractivity contribution in [2.24, 2.45) is 0 Å². The van der Waals surface area contributed by atoms with Crippen LogP contribution in [0.2, 0.25) is 5.02 Å². The standard InChI is InChI=1S/C16H16ClNO6S/c1-23-13-5-3-11(15(10-13)24-2)7-8-25(21,22)16-9-12(18(19)20)4-6-14(16)17/h3-6,9-10H,7-8H2,1-2H3. The van der Waals surface area contributed by atoms with Crippen LogP contribution in [0.4, 0.5) is 5.69 Å². The average Bonchev–Trinajstić information content (AvgIpc) is 2.59. The first kappa shape index (κ1) is 19.0. The molecule has 0 spiro atoms. The van der Waals surface area contributed by atoms with E-state index in [0.29, 0.717) is 17.1 Å². The summed E-state index contributed by atoms with van der Waals surface area (Å²) in [5, 5.41) is 10.8. The van der Waals surface area contributed by atoms with Crippen LogP contribution in [0.5, 0.6) is 11.5 Å². The molecule has 0 fully saturated rings. The van der Waals surface area contributed by atoms with Gasteiger partial charge < -0.3 is 9.47 Å². The highest BCUT2D eigenvalue weighted by Gasteiger charge is 2.22. The zero-order valence-corrected chi connectivity index (χ0v) is 15.1. The number of hydrogen-bond donors (Lipinski definition) is 0. The molecule has 7 nitrogen and oxygen atoms in total. The third-order valence-corrected chi connectivity index (χ3v) is 5.79. The first-order valence-electron chi connectivity index (χ1n) is 7.16. The van der Waals surface area contributed by atoms with Crippen molar-refractivity contribution in [3.05, 3.63) is 57.1 Å². The van der Waals surface area contributed by atoms with Gasteiger partial charge in [-0.2, -0.15) is 0 Å². The van der Waals surface area contributed by atoms with Gasteiger partial charge >= 0.3 is 0 Å². The first-order valence-corrected chi connectivity index (χ1v) is 9.19. The molecule has 0 heterocycles. The van der Waals surface area contributed by atoms with Crippen LogP contribution in [0.3, 0.4) is 0 Å². The molecule has 0 radical (unpaired) electrons. The summed E-state index contributed by atoms with van der Waals surface area (Å²) in [4.78, 5) is 9.94. The summed E-state index contributed by atoms with van der Waals surface area (Å²) in [6.45, 7) is 0. The largest absolute Gasteiger partial charge is 0.497 e. The van der Waals surface area contributed by atoms with Crippen LogP contribution in [-0.4, -0.2) is 33.3 Å². The molecule has 2 rings (SSSR count). The van der Waals surface area contributed by atoms with Gasteiger partial charge in [0, 0.05) is 18.2 Å². The molecule has 0 amide bonds. The third kappa shape index (κ3) is 4.40. The maximum atomic E-state index is 12.6. The van der Waals surface area contributed by atoms with Crippen LogP contribution in [0.15, 0.2) is 41.3 Å². The van der Waals surface area contributed by atoms with Crippen molar-refractivity contribution in [3.63, 3.8) is 0 Å². The van der Waals surface area contributed by atoms with Gasteiger partial charge in [0.15, 0.2) is 9.84 Å². The highest BCUT2D eigenvalue weighted by molar-refractivity contribution is 7.91. The van der Waals surface area contributed by atoms with E-state index < -0.39 is 14.8 Å². The number of methoxy groups -OCH3 is 2. The number of non-ortho nitro benzene ring substituents is 1. The van der Waals surface area contributed by atoms with Crippen LogP contribution in [0.25, 0.3) is 0 Å². The lowest BCUT2D eigenvalue weighted by atomic mass is 10.1. The lowest BCUT2D eigenvalue weighted by molar-refractivity contribution is -0.385. The molecule has 0 saturated carbocycles. The van der Waals surface area contributed by atoms with Gasteiger partial charge in [0.05, 0.1) is 34.8 Å². The number of nitrogens with zero attached hydrogens (tertiary/aromatic N) is 1. The second-order valence-electron chi connectivity index (χ2n) is 5.12. The summed E-state index contributed by atoms with van der Waals surface area (Å²) in [5.74, 6) is 0.821. The summed E-state index contributed by atoms with van der Waals surface area (Å²) in [6.07, 6.45) is 0.161. The minimum Gasteiger partial charge on any atom is -0.497 e. The van der Waals surface area contributed by atoms with Crippen LogP contribution in [0.1, 0.15) is 5.56 Å². The zero-order chi connectivity index (χ0) is 18.6. The van der Waals surface area contributed by atoms with E-state index in [1.165, 1.54) is 20.3 Å². The van der Waals surface area contributed by atoms with Crippen LogP contribution >= 0.6 is 11.6 Å². The highest BCUT2D eigenvalue weighted by Crippen LogP contribution is 2.29. The van der Waals surface area contributed by atoms with E-state index in [-0.39, 0.29) is 27.8 Å². The number of rotatable bonds is 7.